The maximum atomic E-state index is 13.0. The first kappa shape index (κ1) is 17.9. The number of urea groups is 1. The van der Waals surface area contributed by atoms with Crippen molar-refractivity contribution in [1.82, 2.24) is 10.3 Å². The highest BCUT2D eigenvalue weighted by molar-refractivity contribution is 6.07. The molecule has 2 aromatic rings. The van der Waals surface area contributed by atoms with Gasteiger partial charge in [0, 0.05) is 0 Å². The fraction of sp³-hybridized carbons (Fsp3) is 0.286. The van der Waals surface area contributed by atoms with Gasteiger partial charge in [-0.1, -0.05) is 75.4 Å². The Kier molecular flexibility index (Phi) is 4.89. The summed E-state index contributed by atoms with van der Waals surface area (Å²) in [7, 11) is 0. The van der Waals surface area contributed by atoms with Crippen LogP contribution in [0.2, 0.25) is 0 Å². The third-order valence-electron chi connectivity index (χ3n) is 4.79. The number of imide groups is 1. The standard InChI is InChI=1S/C21H23N3O2/c1-4-21(18-8-6-5-7-9-18)19(25)24(20(26)23-21)22-14-16-10-12-17(13-11-16)15(2)3/h5-15H,4H2,1-3H3,(H,23,26)/b22-14-/t21-/m0/s1. The molecule has 2 aromatic carbocycles. The molecular formula is C21H23N3O2. The Hall–Kier alpha value is -2.95. The lowest BCUT2D eigenvalue weighted by Crippen LogP contribution is -2.43. The van der Waals surface area contributed by atoms with E-state index >= 15 is 0 Å². The van der Waals surface area contributed by atoms with E-state index in [1.807, 2.05) is 61.5 Å². The molecule has 0 saturated carbocycles. The van der Waals surface area contributed by atoms with Crippen LogP contribution in [-0.2, 0) is 10.3 Å². The van der Waals surface area contributed by atoms with Gasteiger partial charge in [-0.05, 0) is 29.0 Å². The van der Waals surface area contributed by atoms with Crippen molar-refractivity contribution in [2.24, 2.45) is 5.10 Å². The van der Waals surface area contributed by atoms with Crippen LogP contribution < -0.4 is 5.32 Å². The second kappa shape index (κ2) is 7.12. The van der Waals surface area contributed by atoms with Crippen molar-refractivity contribution in [2.45, 2.75) is 38.6 Å². The zero-order chi connectivity index (χ0) is 18.7. The van der Waals surface area contributed by atoms with Crippen molar-refractivity contribution in [3.8, 4) is 0 Å². The van der Waals surface area contributed by atoms with E-state index in [9.17, 15) is 9.59 Å². The van der Waals surface area contributed by atoms with Gasteiger partial charge < -0.3 is 5.32 Å². The second-order valence-electron chi connectivity index (χ2n) is 6.74. The van der Waals surface area contributed by atoms with Crippen LogP contribution in [-0.4, -0.2) is 23.2 Å². The monoisotopic (exact) mass is 349 g/mol. The molecule has 1 fully saturated rings. The van der Waals surface area contributed by atoms with Crippen molar-refractivity contribution < 1.29 is 9.59 Å². The van der Waals surface area contributed by atoms with Crippen LogP contribution in [0.3, 0.4) is 0 Å². The van der Waals surface area contributed by atoms with Gasteiger partial charge in [0.25, 0.3) is 5.91 Å². The molecule has 0 radical (unpaired) electrons. The average molecular weight is 349 g/mol. The highest BCUT2D eigenvalue weighted by Crippen LogP contribution is 2.32. The number of rotatable bonds is 5. The first-order valence-electron chi connectivity index (χ1n) is 8.84. The summed E-state index contributed by atoms with van der Waals surface area (Å²) in [4.78, 5) is 25.3. The lowest BCUT2D eigenvalue weighted by molar-refractivity contribution is -0.131. The summed E-state index contributed by atoms with van der Waals surface area (Å²) < 4.78 is 0. The Bertz CT molecular complexity index is 828. The Labute approximate surface area is 153 Å². The minimum absolute atomic E-state index is 0.355. The van der Waals surface area contributed by atoms with Crippen LogP contribution in [0.4, 0.5) is 4.79 Å². The van der Waals surface area contributed by atoms with E-state index in [1.54, 1.807) is 6.21 Å². The maximum absolute atomic E-state index is 13.0. The van der Waals surface area contributed by atoms with E-state index in [-0.39, 0.29) is 5.91 Å². The molecule has 1 N–H and O–H groups in total. The van der Waals surface area contributed by atoms with E-state index in [1.165, 1.54) is 5.56 Å². The van der Waals surface area contributed by atoms with Gasteiger partial charge >= 0.3 is 6.03 Å². The normalized spacial score (nSPS) is 20.2. The van der Waals surface area contributed by atoms with Crippen molar-refractivity contribution in [3.63, 3.8) is 0 Å². The number of amides is 3. The van der Waals surface area contributed by atoms with E-state index in [0.29, 0.717) is 12.3 Å². The highest BCUT2D eigenvalue weighted by atomic mass is 16.2. The van der Waals surface area contributed by atoms with Gasteiger partial charge in [0.1, 0.15) is 5.54 Å². The fourth-order valence-corrected chi connectivity index (χ4v) is 3.12. The summed E-state index contributed by atoms with van der Waals surface area (Å²) in [5.41, 5.74) is 1.77. The molecule has 134 valence electrons. The third kappa shape index (κ3) is 3.12. The van der Waals surface area contributed by atoms with E-state index < -0.39 is 11.6 Å². The predicted molar refractivity (Wildman–Crippen MR) is 102 cm³/mol. The van der Waals surface area contributed by atoms with Gasteiger partial charge in [0.05, 0.1) is 6.21 Å². The maximum Gasteiger partial charge on any atom is 0.346 e. The van der Waals surface area contributed by atoms with E-state index in [0.717, 1.165) is 16.1 Å². The van der Waals surface area contributed by atoms with Gasteiger partial charge in [-0.15, -0.1) is 5.01 Å². The molecular weight excluding hydrogens is 326 g/mol. The number of carbonyl (C=O) groups is 2. The van der Waals surface area contributed by atoms with E-state index in [2.05, 4.69) is 24.3 Å². The topological polar surface area (TPSA) is 61.8 Å². The summed E-state index contributed by atoms with van der Waals surface area (Å²) in [6, 6.07) is 16.7. The number of benzene rings is 2. The molecule has 1 heterocycles. The van der Waals surface area contributed by atoms with Crippen molar-refractivity contribution >= 4 is 18.2 Å². The molecule has 1 saturated heterocycles. The average Bonchev–Trinajstić information content (AvgIpc) is 2.91. The predicted octanol–water partition coefficient (Wildman–Crippen LogP) is 4.00. The lowest BCUT2D eigenvalue weighted by atomic mass is 9.87. The van der Waals surface area contributed by atoms with Crippen LogP contribution in [0.25, 0.3) is 0 Å². The van der Waals surface area contributed by atoms with Gasteiger partial charge in [0.2, 0.25) is 0 Å². The van der Waals surface area contributed by atoms with Crippen molar-refractivity contribution in [3.05, 3.63) is 71.3 Å². The summed E-state index contributed by atoms with van der Waals surface area (Å²) in [6.07, 6.45) is 2.00. The van der Waals surface area contributed by atoms with Gasteiger partial charge in [0.15, 0.2) is 0 Å². The first-order valence-corrected chi connectivity index (χ1v) is 8.84. The summed E-state index contributed by atoms with van der Waals surface area (Å²) >= 11 is 0. The van der Waals surface area contributed by atoms with Gasteiger partial charge in [-0.25, -0.2) is 4.79 Å². The minimum atomic E-state index is -1.06. The van der Waals surface area contributed by atoms with Crippen molar-refractivity contribution in [1.29, 1.82) is 0 Å². The molecule has 3 rings (SSSR count). The highest BCUT2D eigenvalue weighted by Gasteiger charge is 2.51. The molecule has 1 atom stereocenters. The third-order valence-corrected chi connectivity index (χ3v) is 4.79. The molecule has 0 bridgehead atoms. The largest absolute Gasteiger partial charge is 0.346 e. The van der Waals surface area contributed by atoms with E-state index in [4.69, 9.17) is 0 Å². The molecule has 1 aliphatic heterocycles. The van der Waals surface area contributed by atoms with Crippen molar-refractivity contribution in [2.75, 3.05) is 0 Å². The minimum Gasteiger partial charge on any atom is -0.318 e. The molecule has 0 aromatic heterocycles. The summed E-state index contributed by atoms with van der Waals surface area (Å²) in [6.45, 7) is 6.14. The van der Waals surface area contributed by atoms with Gasteiger partial charge in [-0.3, -0.25) is 4.79 Å². The zero-order valence-corrected chi connectivity index (χ0v) is 15.3. The Morgan fingerprint density at radius 1 is 1.08 bits per heavy atom. The number of nitrogens with one attached hydrogen (secondary N) is 1. The first-order chi connectivity index (χ1) is 12.5. The molecule has 1 aliphatic rings. The molecule has 26 heavy (non-hydrogen) atoms. The van der Waals surface area contributed by atoms with Crippen LogP contribution in [0.1, 0.15) is 49.8 Å². The number of nitrogens with zero attached hydrogens (tertiary/aromatic N) is 2. The number of hydrogen-bond donors (Lipinski definition) is 1. The molecule has 0 unspecified atom stereocenters. The van der Waals surface area contributed by atoms with Gasteiger partial charge in [-0.2, -0.15) is 5.10 Å². The molecule has 0 aliphatic carbocycles. The Balaban J connectivity index is 1.85. The van der Waals surface area contributed by atoms with Crippen LogP contribution in [0.15, 0.2) is 59.7 Å². The molecule has 5 heteroatoms. The Morgan fingerprint density at radius 3 is 2.31 bits per heavy atom. The van der Waals surface area contributed by atoms with Crippen LogP contribution in [0, 0.1) is 0 Å². The molecule has 5 nitrogen and oxygen atoms in total. The lowest BCUT2D eigenvalue weighted by Gasteiger charge is -2.24. The quantitative estimate of drug-likeness (QED) is 0.655. The molecule has 0 spiro atoms. The summed E-state index contributed by atoms with van der Waals surface area (Å²) in [5.74, 6) is 0.0919. The zero-order valence-electron chi connectivity index (χ0n) is 15.3. The Morgan fingerprint density at radius 2 is 1.73 bits per heavy atom. The summed E-state index contributed by atoms with van der Waals surface area (Å²) in [5, 5.41) is 7.89. The number of hydrogen-bond acceptors (Lipinski definition) is 3. The van der Waals surface area contributed by atoms with Crippen LogP contribution in [0.5, 0.6) is 0 Å². The number of carbonyl (C=O) groups excluding carboxylic acids is 2. The SMILES string of the molecule is CC[C@@]1(c2ccccc2)NC(=O)N(/N=C\c2ccc(C(C)C)cc2)C1=O. The smallest absolute Gasteiger partial charge is 0.318 e. The second-order valence-corrected chi connectivity index (χ2v) is 6.74. The van der Waals surface area contributed by atoms with Crippen LogP contribution >= 0.6 is 0 Å². The number of hydrazone groups is 1. The fourth-order valence-electron chi connectivity index (χ4n) is 3.12. The molecule has 3 amide bonds.